The van der Waals surface area contributed by atoms with Crippen LogP contribution in [0, 0.1) is 0 Å². The maximum Gasteiger partial charge on any atom is 0.256 e. The van der Waals surface area contributed by atoms with Crippen molar-refractivity contribution in [3.63, 3.8) is 0 Å². The van der Waals surface area contributed by atoms with Gasteiger partial charge in [-0.2, -0.15) is 0 Å². The second kappa shape index (κ2) is 7.22. The Kier molecular flexibility index (Phi) is 4.41. The normalized spacial score (nSPS) is 17.6. The lowest BCUT2D eigenvalue weighted by molar-refractivity contribution is -0.135. The van der Waals surface area contributed by atoms with E-state index in [4.69, 9.17) is 4.74 Å². The average molecular weight is 387 g/mol. The second-order valence-electron chi connectivity index (χ2n) is 7.28. The molecule has 1 fully saturated rings. The Labute approximate surface area is 168 Å². The smallest absolute Gasteiger partial charge is 0.256 e. The van der Waals surface area contributed by atoms with E-state index in [0.29, 0.717) is 31.9 Å². The molecule has 2 aromatic carbocycles. The Morgan fingerprint density at radius 1 is 1.07 bits per heavy atom. The summed E-state index contributed by atoms with van der Waals surface area (Å²) < 4.78 is 7.31. The van der Waals surface area contributed by atoms with Gasteiger partial charge in [0.1, 0.15) is 6.54 Å². The van der Waals surface area contributed by atoms with E-state index in [9.17, 15) is 9.59 Å². The summed E-state index contributed by atoms with van der Waals surface area (Å²) in [5, 5.41) is 3.93. The average Bonchev–Trinajstić information content (AvgIpc) is 3.26. The predicted molar refractivity (Wildman–Crippen MR) is 112 cm³/mol. The van der Waals surface area contributed by atoms with Crippen LogP contribution in [0.1, 0.15) is 11.1 Å². The molecule has 2 aliphatic rings. The van der Waals surface area contributed by atoms with Gasteiger partial charge in [0, 0.05) is 52.6 Å². The predicted octanol–water partition coefficient (Wildman–Crippen LogP) is 2.99. The molecule has 1 aromatic heterocycles. The summed E-state index contributed by atoms with van der Waals surface area (Å²) in [6.07, 6.45) is 3.88. The Bertz CT molecular complexity index is 1140. The number of anilines is 1. The van der Waals surface area contributed by atoms with Gasteiger partial charge in [0.25, 0.3) is 5.91 Å². The van der Waals surface area contributed by atoms with Crippen LogP contribution < -0.4 is 5.32 Å². The SMILES string of the molecule is O=C1Nc2ccccc2/C1=C/c1cn(CC(=O)N2CCOCC2)c2ccccc12. The third-order valence-electron chi connectivity index (χ3n) is 5.50. The highest BCUT2D eigenvalue weighted by molar-refractivity contribution is 6.35. The maximum atomic E-state index is 12.8. The van der Waals surface area contributed by atoms with Gasteiger partial charge in [-0.3, -0.25) is 9.59 Å². The number of rotatable bonds is 3. The van der Waals surface area contributed by atoms with Crippen LogP contribution in [0.4, 0.5) is 5.69 Å². The van der Waals surface area contributed by atoms with E-state index < -0.39 is 0 Å². The molecule has 3 heterocycles. The zero-order valence-corrected chi connectivity index (χ0v) is 15.9. The van der Waals surface area contributed by atoms with Crippen LogP contribution in [-0.2, 0) is 20.9 Å². The van der Waals surface area contributed by atoms with Gasteiger partial charge in [-0.05, 0) is 18.2 Å². The number of nitrogens with one attached hydrogen (secondary N) is 1. The quantitative estimate of drug-likeness (QED) is 0.703. The van der Waals surface area contributed by atoms with Crippen molar-refractivity contribution in [3.05, 3.63) is 65.9 Å². The molecule has 0 unspecified atom stereocenters. The minimum absolute atomic E-state index is 0.0808. The van der Waals surface area contributed by atoms with Crippen LogP contribution in [0.2, 0.25) is 0 Å². The zero-order chi connectivity index (χ0) is 19.8. The number of hydrogen-bond donors (Lipinski definition) is 1. The number of benzene rings is 2. The van der Waals surface area contributed by atoms with Gasteiger partial charge in [0.2, 0.25) is 5.91 Å². The van der Waals surface area contributed by atoms with Gasteiger partial charge < -0.3 is 19.5 Å². The molecule has 0 atom stereocenters. The van der Waals surface area contributed by atoms with Gasteiger partial charge in [-0.1, -0.05) is 36.4 Å². The van der Waals surface area contributed by atoms with Crippen molar-refractivity contribution < 1.29 is 14.3 Å². The number of morpholine rings is 1. The molecule has 6 heteroatoms. The molecule has 2 aliphatic heterocycles. The molecule has 29 heavy (non-hydrogen) atoms. The van der Waals surface area contributed by atoms with E-state index in [-0.39, 0.29) is 18.4 Å². The van der Waals surface area contributed by atoms with Crippen molar-refractivity contribution in [1.82, 2.24) is 9.47 Å². The maximum absolute atomic E-state index is 12.8. The number of aromatic nitrogens is 1. The lowest BCUT2D eigenvalue weighted by atomic mass is 10.0. The van der Waals surface area contributed by atoms with Crippen molar-refractivity contribution in [2.75, 3.05) is 31.6 Å². The monoisotopic (exact) mass is 387 g/mol. The van der Waals surface area contributed by atoms with Gasteiger partial charge in [-0.15, -0.1) is 0 Å². The standard InChI is InChI=1S/C23H21N3O3/c27-22(25-9-11-29-12-10-25)15-26-14-16(17-5-2-4-8-21(17)26)13-19-18-6-1-3-7-20(18)24-23(19)28/h1-8,13-14H,9-12,15H2,(H,24,28)/b19-13-. The van der Waals surface area contributed by atoms with Gasteiger partial charge in [0.15, 0.2) is 0 Å². The number of ether oxygens (including phenoxy) is 1. The molecule has 0 spiro atoms. The summed E-state index contributed by atoms with van der Waals surface area (Å²) in [4.78, 5) is 27.1. The first-order valence-corrected chi connectivity index (χ1v) is 9.76. The van der Waals surface area contributed by atoms with E-state index in [1.54, 1.807) is 0 Å². The van der Waals surface area contributed by atoms with E-state index in [0.717, 1.165) is 27.7 Å². The van der Waals surface area contributed by atoms with Gasteiger partial charge >= 0.3 is 0 Å². The van der Waals surface area contributed by atoms with E-state index in [2.05, 4.69) is 5.32 Å². The number of para-hydroxylation sites is 2. The summed E-state index contributed by atoms with van der Waals surface area (Å²) in [5.41, 5.74) is 4.28. The summed E-state index contributed by atoms with van der Waals surface area (Å²) in [7, 11) is 0. The van der Waals surface area contributed by atoms with Crippen LogP contribution in [-0.4, -0.2) is 47.6 Å². The minimum atomic E-state index is -0.104. The number of fused-ring (bicyclic) bond motifs is 2. The fourth-order valence-electron chi connectivity index (χ4n) is 4.02. The van der Waals surface area contributed by atoms with Crippen LogP contribution >= 0.6 is 0 Å². The third kappa shape index (κ3) is 3.21. The summed E-state index contributed by atoms with van der Waals surface area (Å²) in [6.45, 7) is 2.71. The summed E-state index contributed by atoms with van der Waals surface area (Å²) >= 11 is 0. The van der Waals surface area contributed by atoms with Crippen molar-refractivity contribution in [2.24, 2.45) is 0 Å². The summed E-state index contributed by atoms with van der Waals surface area (Å²) in [5.74, 6) is -0.0235. The molecule has 1 saturated heterocycles. The number of amides is 2. The Hall–Kier alpha value is -3.38. The molecule has 0 bridgehead atoms. The number of nitrogens with zero attached hydrogens (tertiary/aromatic N) is 2. The van der Waals surface area contributed by atoms with Crippen LogP contribution in [0.25, 0.3) is 22.6 Å². The fraction of sp³-hybridized carbons (Fsp3) is 0.217. The van der Waals surface area contributed by atoms with Gasteiger partial charge in [-0.25, -0.2) is 0 Å². The fourth-order valence-corrected chi connectivity index (χ4v) is 4.02. The van der Waals surface area contributed by atoms with Crippen LogP contribution in [0.3, 0.4) is 0 Å². The van der Waals surface area contributed by atoms with Crippen molar-refractivity contribution in [3.8, 4) is 0 Å². The molecule has 2 amide bonds. The number of carbonyl (C=O) groups is 2. The molecule has 146 valence electrons. The number of carbonyl (C=O) groups excluding carboxylic acids is 2. The molecular weight excluding hydrogens is 366 g/mol. The molecule has 5 rings (SSSR count). The minimum Gasteiger partial charge on any atom is -0.378 e. The first-order chi connectivity index (χ1) is 14.2. The van der Waals surface area contributed by atoms with E-state index in [1.165, 1.54) is 0 Å². The highest BCUT2D eigenvalue weighted by Gasteiger charge is 2.24. The molecule has 0 aliphatic carbocycles. The second-order valence-corrected chi connectivity index (χ2v) is 7.28. The molecule has 6 nitrogen and oxygen atoms in total. The van der Waals surface area contributed by atoms with Crippen molar-refractivity contribution in [1.29, 1.82) is 0 Å². The lowest BCUT2D eigenvalue weighted by Crippen LogP contribution is -2.42. The first kappa shape index (κ1) is 17.7. The molecule has 1 N–H and O–H groups in total. The highest BCUT2D eigenvalue weighted by Crippen LogP contribution is 2.34. The van der Waals surface area contributed by atoms with Crippen molar-refractivity contribution in [2.45, 2.75) is 6.54 Å². The molecule has 3 aromatic rings. The number of hydrogen-bond acceptors (Lipinski definition) is 3. The van der Waals surface area contributed by atoms with E-state index >= 15 is 0 Å². The summed E-state index contributed by atoms with van der Waals surface area (Å²) in [6, 6.07) is 15.7. The topological polar surface area (TPSA) is 63.6 Å². The van der Waals surface area contributed by atoms with Gasteiger partial charge in [0.05, 0.1) is 13.2 Å². The van der Waals surface area contributed by atoms with Crippen LogP contribution in [0.5, 0.6) is 0 Å². The largest absolute Gasteiger partial charge is 0.378 e. The lowest BCUT2D eigenvalue weighted by Gasteiger charge is -2.27. The van der Waals surface area contributed by atoms with Crippen molar-refractivity contribution >= 4 is 40.1 Å². The highest BCUT2D eigenvalue weighted by atomic mass is 16.5. The van der Waals surface area contributed by atoms with E-state index in [1.807, 2.05) is 70.3 Å². The Balaban J connectivity index is 1.53. The Morgan fingerprint density at radius 3 is 2.69 bits per heavy atom. The van der Waals surface area contributed by atoms with Crippen LogP contribution in [0.15, 0.2) is 54.7 Å². The molecule has 0 saturated carbocycles. The molecule has 0 radical (unpaired) electrons. The third-order valence-corrected chi connectivity index (χ3v) is 5.50. The first-order valence-electron chi connectivity index (χ1n) is 9.76. The zero-order valence-electron chi connectivity index (χ0n) is 15.9. The Morgan fingerprint density at radius 2 is 1.83 bits per heavy atom. The molecular formula is C23H21N3O3.